The highest BCUT2D eigenvalue weighted by molar-refractivity contribution is 7.13. The summed E-state index contributed by atoms with van der Waals surface area (Å²) in [4.78, 5) is 18.6. The fourth-order valence-corrected chi connectivity index (χ4v) is 3.04. The monoisotopic (exact) mass is 367 g/mol. The molecule has 0 unspecified atom stereocenters. The van der Waals surface area contributed by atoms with Crippen LogP contribution in [0.3, 0.4) is 0 Å². The number of aryl methyl sites for hydroxylation is 1. The predicted octanol–water partition coefficient (Wildman–Crippen LogP) is 4.62. The van der Waals surface area contributed by atoms with Crippen molar-refractivity contribution < 1.29 is 9.53 Å². The molecule has 0 radical (unpaired) electrons. The van der Waals surface area contributed by atoms with E-state index >= 15 is 0 Å². The summed E-state index contributed by atoms with van der Waals surface area (Å²) in [5, 5.41) is 5.91. The van der Waals surface area contributed by atoms with Gasteiger partial charge in [-0.2, -0.15) is 0 Å². The Morgan fingerprint density at radius 2 is 1.96 bits per heavy atom. The SMILES string of the molecule is Cc1ccc(Nc2nc(COC(=O)c3cccc(N(C)C)c3)cs2)cc1. The molecular formula is C20H21N3O2S. The zero-order valence-electron chi connectivity index (χ0n) is 15.0. The highest BCUT2D eigenvalue weighted by Gasteiger charge is 2.10. The average Bonchev–Trinajstić information content (AvgIpc) is 3.09. The van der Waals surface area contributed by atoms with Crippen LogP contribution in [0.5, 0.6) is 0 Å². The second-order valence-corrected chi connectivity index (χ2v) is 7.01. The molecule has 0 atom stereocenters. The van der Waals surface area contributed by atoms with Crippen molar-refractivity contribution >= 4 is 33.8 Å². The molecule has 0 aliphatic rings. The molecular weight excluding hydrogens is 346 g/mol. The third kappa shape index (κ3) is 4.61. The summed E-state index contributed by atoms with van der Waals surface area (Å²) in [6.07, 6.45) is 0. The number of rotatable bonds is 6. The summed E-state index contributed by atoms with van der Waals surface area (Å²) < 4.78 is 5.39. The molecule has 0 spiro atoms. The van der Waals surface area contributed by atoms with Gasteiger partial charge in [-0.25, -0.2) is 9.78 Å². The Morgan fingerprint density at radius 3 is 2.69 bits per heavy atom. The van der Waals surface area contributed by atoms with Gasteiger partial charge in [0.25, 0.3) is 0 Å². The first-order valence-electron chi connectivity index (χ1n) is 8.24. The molecule has 3 aromatic rings. The van der Waals surface area contributed by atoms with Gasteiger partial charge in [-0.1, -0.05) is 23.8 Å². The fourth-order valence-electron chi connectivity index (χ4n) is 2.32. The third-order valence-corrected chi connectivity index (χ3v) is 4.61. The van der Waals surface area contributed by atoms with Gasteiger partial charge in [0.05, 0.1) is 11.3 Å². The molecule has 5 nitrogen and oxygen atoms in total. The van der Waals surface area contributed by atoms with Crippen LogP contribution in [0.4, 0.5) is 16.5 Å². The Morgan fingerprint density at radius 1 is 1.19 bits per heavy atom. The van der Waals surface area contributed by atoms with Crippen LogP contribution in [0.1, 0.15) is 21.6 Å². The standard InChI is InChI=1S/C20H21N3O2S/c1-14-7-9-16(10-8-14)21-20-22-17(13-26-20)12-25-19(24)15-5-4-6-18(11-15)23(2)3/h4-11,13H,12H2,1-3H3,(H,21,22). The molecule has 0 aliphatic carbocycles. The topological polar surface area (TPSA) is 54.5 Å². The lowest BCUT2D eigenvalue weighted by atomic mass is 10.2. The van der Waals surface area contributed by atoms with Gasteiger partial charge in [0.15, 0.2) is 5.13 Å². The lowest BCUT2D eigenvalue weighted by Gasteiger charge is -2.13. The van der Waals surface area contributed by atoms with E-state index in [-0.39, 0.29) is 12.6 Å². The molecule has 0 saturated carbocycles. The highest BCUT2D eigenvalue weighted by atomic mass is 32.1. The maximum Gasteiger partial charge on any atom is 0.338 e. The van der Waals surface area contributed by atoms with Crippen molar-refractivity contribution in [1.29, 1.82) is 0 Å². The maximum atomic E-state index is 12.2. The number of thiazole rings is 1. The molecule has 0 amide bonds. The zero-order valence-corrected chi connectivity index (χ0v) is 15.8. The number of hydrogen-bond acceptors (Lipinski definition) is 6. The highest BCUT2D eigenvalue weighted by Crippen LogP contribution is 2.22. The fraction of sp³-hybridized carbons (Fsp3) is 0.200. The third-order valence-electron chi connectivity index (χ3n) is 3.80. The minimum absolute atomic E-state index is 0.150. The van der Waals surface area contributed by atoms with Crippen LogP contribution in [0, 0.1) is 6.92 Å². The first-order valence-corrected chi connectivity index (χ1v) is 9.12. The largest absolute Gasteiger partial charge is 0.456 e. The van der Waals surface area contributed by atoms with Crippen molar-refractivity contribution in [3.05, 3.63) is 70.7 Å². The summed E-state index contributed by atoms with van der Waals surface area (Å²) >= 11 is 1.48. The summed E-state index contributed by atoms with van der Waals surface area (Å²) in [5.41, 5.74) is 4.40. The minimum Gasteiger partial charge on any atom is -0.456 e. The molecule has 6 heteroatoms. The zero-order chi connectivity index (χ0) is 18.5. The summed E-state index contributed by atoms with van der Waals surface area (Å²) in [5.74, 6) is -0.352. The van der Waals surface area contributed by atoms with E-state index in [9.17, 15) is 4.79 Å². The van der Waals surface area contributed by atoms with Crippen molar-refractivity contribution in [1.82, 2.24) is 4.98 Å². The van der Waals surface area contributed by atoms with E-state index in [1.54, 1.807) is 6.07 Å². The van der Waals surface area contributed by atoms with Crippen LogP contribution >= 0.6 is 11.3 Å². The summed E-state index contributed by atoms with van der Waals surface area (Å²) in [6, 6.07) is 15.5. The minimum atomic E-state index is -0.352. The van der Waals surface area contributed by atoms with Crippen LogP contribution in [-0.2, 0) is 11.3 Å². The number of benzene rings is 2. The van der Waals surface area contributed by atoms with Crippen molar-refractivity contribution in [3.8, 4) is 0 Å². The molecule has 0 bridgehead atoms. The van der Waals surface area contributed by atoms with Crippen molar-refractivity contribution in [2.45, 2.75) is 13.5 Å². The van der Waals surface area contributed by atoms with Crippen LogP contribution in [0.25, 0.3) is 0 Å². The van der Waals surface area contributed by atoms with Gasteiger partial charge in [-0.05, 0) is 37.3 Å². The quantitative estimate of drug-likeness (QED) is 0.644. The van der Waals surface area contributed by atoms with Crippen molar-refractivity contribution in [2.75, 3.05) is 24.3 Å². The van der Waals surface area contributed by atoms with Crippen LogP contribution < -0.4 is 10.2 Å². The number of anilines is 3. The lowest BCUT2D eigenvalue weighted by molar-refractivity contribution is 0.0468. The number of aromatic nitrogens is 1. The second kappa shape index (κ2) is 8.01. The average molecular weight is 367 g/mol. The smallest absolute Gasteiger partial charge is 0.338 e. The maximum absolute atomic E-state index is 12.2. The molecule has 1 N–H and O–H groups in total. The van der Waals surface area contributed by atoms with E-state index in [1.165, 1.54) is 16.9 Å². The number of carbonyl (C=O) groups is 1. The number of esters is 1. The van der Waals surface area contributed by atoms with E-state index < -0.39 is 0 Å². The number of hydrogen-bond donors (Lipinski definition) is 1. The Bertz CT molecular complexity index is 888. The molecule has 1 heterocycles. The molecule has 26 heavy (non-hydrogen) atoms. The van der Waals surface area contributed by atoms with Gasteiger partial charge >= 0.3 is 5.97 Å². The van der Waals surface area contributed by atoms with Crippen molar-refractivity contribution in [2.24, 2.45) is 0 Å². The summed E-state index contributed by atoms with van der Waals surface area (Å²) in [7, 11) is 3.87. The molecule has 0 saturated heterocycles. The van der Waals surface area contributed by atoms with E-state index in [0.29, 0.717) is 5.56 Å². The Hall–Kier alpha value is -2.86. The number of carbonyl (C=O) groups excluding carboxylic acids is 1. The number of nitrogens with one attached hydrogen (secondary N) is 1. The van der Waals surface area contributed by atoms with Crippen LogP contribution in [0.2, 0.25) is 0 Å². The van der Waals surface area contributed by atoms with E-state index in [4.69, 9.17) is 4.74 Å². The van der Waals surface area contributed by atoms with Gasteiger partial charge < -0.3 is 15.0 Å². The molecule has 2 aromatic carbocycles. The Balaban J connectivity index is 1.58. The van der Waals surface area contributed by atoms with Gasteiger partial charge in [-0.3, -0.25) is 0 Å². The predicted molar refractivity (Wildman–Crippen MR) is 106 cm³/mol. The molecule has 0 fully saturated rings. The lowest BCUT2D eigenvalue weighted by Crippen LogP contribution is -2.11. The summed E-state index contributed by atoms with van der Waals surface area (Å²) in [6.45, 7) is 2.20. The first-order chi connectivity index (χ1) is 12.5. The van der Waals surface area contributed by atoms with Gasteiger partial charge in [-0.15, -0.1) is 11.3 Å². The molecule has 134 valence electrons. The van der Waals surface area contributed by atoms with E-state index in [0.717, 1.165) is 22.2 Å². The van der Waals surface area contributed by atoms with Crippen LogP contribution in [0.15, 0.2) is 53.9 Å². The molecule has 3 rings (SSSR count). The van der Waals surface area contributed by atoms with E-state index in [2.05, 4.69) is 10.3 Å². The molecule has 1 aromatic heterocycles. The second-order valence-electron chi connectivity index (χ2n) is 6.16. The molecule has 0 aliphatic heterocycles. The first kappa shape index (κ1) is 17.9. The van der Waals surface area contributed by atoms with Gasteiger partial charge in [0.2, 0.25) is 0 Å². The Kier molecular flexibility index (Phi) is 5.53. The van der Waals surface area contributed by atoms with E-state index in [1.807, 2.05) is 73.8 Å². The number of nitrogens with zero attached hydrogens (tertiary/aromatic N) is 2. The van der Waals surface area contributed by atoms with Crippen LogP contribution in [-0.4, -0.2) is 25.0 Å². The Labute approximate surface area is 157 Å². The normalized spacial score (nSPS) is 10.4. The van der Waals surface area contributed by atoms with Gasteiger partial charge in [0, 0.05) is 30.9 Å². The van der Waals surface area contributed by atoms with Gasteiger partial charge in [0.1, 0.15) is 6.61 Å². The van der Waals surface area contributed by atoms with Crippen molar-refractivity contribution in [3.63, 3.8) is 0 Å². The number of ether oxygens (including phenoxy) is 1.